The molecule has 0 saturated carbocycles. The molecule has 23 heavy (non-hydrogen) atoms. The van der Waals surface area contributed by atoms with Gasteiger partial charge < -0.3 is 15.2 Å². The van der Waals surface area contributed by atoms with E-state index in [0.29, 0.717) is 5.92 Å². The van der Waals surface area contributed by atoms with E-state index < -0.39 is 0 Å². The molecule has 2 N–H and O–H groups in total. The second-order valence-electron chi connectivity index (χ2n) is 6.84. The van der Waals surface area contributed by atoms with Gasteiger partial charge in [-0.15, -0.1) is 0 Å². The van der Waals surface area contributed by atoms with E-state index >= 15 is 0 Å². The number of nitrogens with zero attached hydrogens (tertiary/aromatic N) is 2. The average molecular weight is 314 g/mol. The summed E-state index contributed by atoms with van der Waals surface area (Å²) in [7, 11) is 0. The lowest BCUT2D eigenvalue weighted by molar-refractivity contribution is -0.125. The van der Waals surface area contributed by atoms with Crippen molar-refractivity contribution in [1.29, 1.82) is 0 Å². The van der Waals surface area contributed by atoms with Crippen LogP contribution < -0.4 is 10.2 Å². The van der Waals surface area contributed by atoms with E-state index in [9.17, 15) is 4.79 Å². The number of fused-ring (bicyclic) bond motifs is 1. The molecule has 1 unspecified atom stereocenters. The van der Waals surface area contributed by atoms with E-state index in [1.165, 1.54) is 0 Å². The number of nitrogens with one attached hydrogen (secondary N) is 2. The number of benzene rings is 1. The summed E-state index contributed by atoms with van der Waals surface area (Å²) >= 11 is 0. The molecule has 2 heterocycles. The lowest BCUT2D eigenvalue weighted by Gasteiger charge is -2.31. The molecule has 1 amide bonds. The van der Waals surface area contributed by atoms with Crippen LogP contribution in [-0.2, 0) is 4.79 Å². The number of carbonyl (C=O) groups excluding carboxylic acids is 1. The molecule has 0 aliphatic carbocycles. The van der Waals surface area contributed by atoms with Gasteiger partial charge in [-0.3, -0.25) is 4.79 Å². The number of piperidine rings is 1. The molecule has 1 aromatic heterocycles. The third kappa shape index (κ3) is 3.84. The Morgan fingerprint density at radius 2 is 2.26 bits per heavy atom. The standard InChI is InChI=1S/C18H26N4O/c1-13(2)9-10-19-17(23)14-6-5-11-22(12-14)18-20-15-7-3-4-8-16(15)21-18/h3-4,7-8,13-14H,5-6,9-12H2,1-2H3,(H,19,23)(H,20,21). The van der Waals surface area contributed by atoms with Crippen LogP contribution in [0.2, 0.25) is 0 Å². The molecule has 0 radical (unpaired) electrons. The van der Waals surface area contributed by atoms with Crippen LogP contribution in [0, 0.1) is 11.8 Å². The van der Waals surface area contributed by atoms with Gasteiger partial charge >= 0.3 is 0 Å². The SMILES string of the molecule is CC(C)CCNC(=O)C1CCCN(c2nc3ccccc3[nH]2)C1. The number of carbonyl (C=O) groups is 1. The third-order valence-corrected chi connectivity index (χ3v) is 4.49. The van der Waals surface area contributed by atoms with Gasteiger partial charge in [-0.1, -0.05) is 26.0 Å². The third-order valence-electron chi connectivity index (χ3n) is 4.49. The molecule has 0 spiro atoms. The number of hydrogen-bond acceptors (Lipinski definition) is 3. The first kappa shape index (κ1) is 15.8. The van der Waals surface area contributed by atoms with Gasteiger partial charge in [0.05, 0.1) is 17.0 Å². The van der Waals surface area contributed by atoms with Gasteiger partial charge in [0.25, 0.3) is 0 Å². The second-order valence-corrected chi connectivity index (χ2v) is 6.84. The van der Waals surface area contributed by atoms with Gasteiger partial charge in [0, 0.05) is 19.6 Å². The predicted octanol–water partition coefficient (Wildman–Crippen LogP) is 2.94. The molecule has 1 aromatic carbocycles. The maximum absolute atomic E-state index is 12.4. The number of aromatic nitrogens is 2. The van der Waals surface area contributed by atoms with Crippen LogP contribution in [-0.4, -0.2) is 35.5 Å². The molecule has 2 aromatic rings. The zero-order valence-electron chi connectivity index (χ0n) is 14.0. The number of rotatable bonds is 5. The summed E-state index contributed by atoms with van der Waals surface area (Å²) in [4.78, 5) is 22.6. The van der Waals surface area contributed by atoms with Crippen molar-refractivity contribution in [2.24, 2.45) is 11.8 Å². The van der Waals surface area contributed by atoms with Gasteiger partial charge in [0.2, 0.25) is 11.9 Å². The van der Waals surface area contributed by atoms with Gasteiger partial charge in [-0.25, -0.2) is 4.98 Å². The Hall–Kier alpha value is -2.04. The quantitative estimate of drug-likeness (QED) is 0.892. The fourth-order valence-electron chi connectivity index (χ4n) is 3.10. The average Bonchev–Trinajstić information content (AvgIpc) is 2.98. The summed E-state index contributed by atoms with van der Waals surface area (Å²) < 4.78 is 0. The largest absolute Gasteiger partial charge is 0.356 e. The van der Waals surface area contributed by atoms with Crippen LogP contribution in [0.3, 0.4) is 0 Å². The van der Waals surface area contributed by atoms with E-state index in [1.807, 2.05) is 24.3 Å². The normalized spacial score (nSPS) is 18.6. The molecule has 1 saturated heterocycles. The Kier molecular flexibility index (Phi) is 4.84. The van der Waals surface area contributed by atoms with Crippen molar-refractivity contribution in [1.82, 2.24) is 15.3 Å². The first-order valence-corrected chi connectivity index (χ1v) is 8.61. The first-order valence-electron chi connectivity index (χ1n) is 8.61. The summed E-state index contributed by atoms with van der Waals surface area (Å²) in [5, 5.41) is 3.09. The minimum absolute atomic E-state index is 0.0594. The van der Waals surface area contributed by atoms with E-state index in [-0.39, 0.29) is 11.8 Å². The van der Waals surface area contributed by atoms with Crippen LogP contribution in [0.1, 0.15) is 33.1 Å². The highest BCUT2D eigenvalue weighted by Gasteiger charge is 2.27. The highest BCUT2D eigenvalue weighted by Crippen LogP contribution is 2.23. The highest BCUT2D eigenvalue weighted by molar-refractivity contribution is 5.80. The van der Waals surface area contributed by atoms with Crippen LogP contribution in [0.5, 0.6) is 0 Å². The fourth-order valence-corrected chi connectivity index (χ4v) is 3.10. The van der Waals surface area contributed by atoms with E-state index in [2.05, 4.69) is 34.0 Å². The summed E-state index contributed by atoms with van der Waals surface area (Å²) in [6.07, 6.45) is 3.02. The number of amides is 1. The first-order chi connectivity index (χ1) is 11.1. The summed E-state index contributed by atoms with van der Waals surface area (Å²) in [5.41, 5.74) is 2.03. The van der Waals surface area contributed by atoms with E-state index in [1.54, 1.807) is 0 Å². The Labute approximate surface area is 137 Å². The van der Waals surface area contributed by atoms with Gasteiger partial charge in [0.1, 0.15) is 0 Å². The van der Waals surface area contributed by atoms with Crippen molar-refractivity contribution in [2.45, 2.75) is 33.1 Å². The molecule has 5 heteroatoms. The minimum atomic E-state index is 0.0594. The van der Waals surface area contributed by atoms with Crippen LogP contribution in [0.15, 0.2) is 24.3 Å². The van der Waals surface area contributed by atoms with Crippen molar-refractivity contribution in [3.05, 3.63) is 24.3 Å². The zero-order chi connectivity index (χ0) is 16.2. The molecule has 3 rings (SSSR count). The van der Waals surface area contributed by atoms with Gasteiger partial charge in [-0.05, 0) is 37.3 Å². The molecule has 1 aliphatic rings. The van der Waals surface area contributed by atoms with Crippen molar-refractivity contribution in [3.63, 3.8) is 0 Å². The number of imidazole rings is 1. The lowest BCUT2D eigenvalue weighted by atomic mass is 9.97. The molecule has 1 fully saturated rings. The van der Waals surface area contributed by atoms with E-state index in [4.69, 9.17) is 0 Å². The lowest BCUT2D eigenvalue weighted by Crippen LogP contribution is -2.43. The second kappa shape index (κ2) is 7.02. The number of aromatic amines is 1. The maximum Gasteiger partial charge on any atom is 0.224 e. The minimum Gasteiger partial charge on any atom is -0.356 e. The van der Waals surface area contributed by atoms with Crippen molar-refractivity contribution < 1.29 is 4.79 Å². The van der Waals surface area contributed by atoms with Crippen LogP contribution in [0.4, 0.5) is 5.95 Å². The summed E-state index contributed by atoms with van der Waals surface area (Å²) in [5.74, 6) is 1.75. The van der Waals surface area contributed by atoms with E-state index in [0.717, 1.165) is 55.9 Å². The monoisotopic (exact) mass is 314 g/mol. The zero-order valence-corrected chi connectivity index (χ0v) is 14.0. The highest BCUT2D eigenvalue weighted by atomic mass is 16.1. The van der Waals surface area contributed by atoms with Crippen LogP contribution in [0.25, 0.3) is 11.0 Å². The van der Waals surface area contributed by atoms with Crippen molar-refractivity contribution in [3.8, 4) is 0 Å². The summed E-state index contributed by atoms with van der Waals surface area (Å²) in [6, 6.07) is 8.04. The molecular weight excluding hydrogens is 288 g/mol. The van der Waals surface area contributed by atoms with Crippen molar-refractivity contribution >= 4 is 22.9 Å². The van der Waals surface area contributed by atoms with Crippen molar-refractivity contribution in [2.75, 3.05) is 24.5 Å². The molecule has 1 atom stereocenters. The Morgan fingerprint density at radius 1 is 1.43 bits per heavy atom. The number of para-hydroxylation sites is 2. The van der Waals surface area contributed by atoms with Gasteiger partial charge in [-0.2, -0.15) is 0 Å². The topological polar surface area (TPSA) is 61.0 Å². The van der Waals surface area contributed by atoms with Crippen LogP contribution >= 0.6 is 0 Å². The molecule has 1 aliphatic heterocycles. The Bertz CT molecular complexity index is 631. The smallest absolute Gasteiger partial charge is 0.224 e. The number of hydrogen-bond donors (Lipinski definition) is 2. The fraction of sp³-hybridized carbons (Fsp3) is 0.556. The van der Waals surface area contributed by atoms with Gasteiger partial charge in [0.15, 0.2) is 0 Å². The summed E-state index contributed by atoms with van der Waals surface area (Å²) in [6.45, 7) is 6.83. The maximum atomic E-state index is 12.4. The number of H-pyrrole nitrogens is 1. The Balaban J connectivity index is 1.62. The molecular formula is C18H26N4O. The molecule has 0 bridgehead atoms. The predicted molar refractivity (Wildman–Crippen MR) is 93.5 cm³/mol. The Morgan fingerprint density at radius 3 is 3.04 bits per heavy atom. The molecule has 124 valence electrons. The number of anilines is 1. The molecule has 5 nitrogen and oxygen atoms in total.